The quantitative estimate of drug-likeness (QED) is 0.744. The summed E-state index contributed by atoms with van der Waals surface area (Å²) in [6, 6.07) is 20.7. The zero-order chi connectivity index (χ0) is 16.5. The second-order valence-corrected chi connectivity index (χ2v) is 6.26. The second-order valence-electron chi connectivity index (χ2n) is 5.88. The van der Waals surface area contributed by atoms with Crippen molar-refractivity contribution in [3.63, 3.8) is 0 Å². The van der Waals surface area contributed by atoms with E-state index >= 15 is 0 Å². The van der Waals surface area contributed by atoms with Crippen LogP contribution in [-0.2, 0) is 0 Å². The van der Waals surface area contributed by atoms with Crippen molar-refractivity contribution >= 4 is 17.3 Å². The van der Waals surface area contributed by atoms with Crippen LogP contribution in [0.2, 0.25) is 0 Å². The van der Waals surface area contributed by atoms with Crippen molar-refractivity contribution in [2.75, 3.05) is 7.05 Å². The van der Waals surface area contributed by atoms with Crippen LogP contribution < -0.4 is 5.32 Å². The first-order chi connectivity index (χ1) is 11.8. The summed E-state index contributed by atoms with van der Waals surface area (Å²) in [5.74, 6) is 0. The topological polar surface area (TPSA) is 33.1 Å². The van der Waals surface area contributed by atoms with Gasteiger partial charge in [-0.3, -0.25) is 4.98 Å². The van der Waals surface area contributed by atoms with E-state index in [1.165, 1.54) is 5.69 Å². The molecule has 0 saturated carbocycles. The molecular weight excluding hydrogens is 316 g/mol. The molecule has 2 aromatic heterocycles. The Hall–Kier alpha value is -2.66. The van der Waals surface area contributed by atoms with Gasteiger partial charge in [0, 0.05) is 30.8 Å². The first-order valence-corrected chi connectivity index (χ1v) is 8.33. The van der Waals surface area contributed by atoms with Gasteiger partial charge in [-0.05, 0) is 48.6 Å². The minimum atomic E-state index is 0.0288. The van der Waals surface area contributed by atoms with Gasteiger partial charge in [0.25, 0.3) is 0 Å². The Bertz CT molecular complexity index is 844. The van der Waals surface area contributed by atoms with E-state index in [9.17, 15) is 0 Å². The molecule has 1 fully saturated rings. The minimum Gasteiger partial charge on any atom is -0.352 e. The molecule has 1 saturated heterocycles. The highest BCUT2D eigenvalue weighted by Crippen LogP contribution is 2.38. The molecule has 0 aliphatic carbocycles. The molecule has 5 heteroatoms. The van der Waals surface area contributed by atoms with Crippen LogP contribution in [0.4, 0.5) is 0 Å². The highest BCUT2D eigenvalue weighted by Gasteiger charge is 2.39. The Labute approximate surface area is 146 Å². The summed E-state index contributed by atoms with van der Waals surface area (Å²) in [6.45, 7) is 0. The minimum absolute atomic E-state index is 0.0288. The van der Waals surface area contributed by atoms with E-state index in [1.54, 1.807) is 0 Å². The monoisotopic (exact) mass is 334 g/mol. The number of thiocarbonyl (C=S) groups is 1. The summed E-state index contributed by atoms with van der Waals surface area (Å²) in [5, 5.41) is 4.17. The summed E-state index contributed by atoms with van der Waals surface area (Å²) in [7, 11) is 2.03. The molecule has 4 rings (SSSR count). The fraction of sp³-hybridized carbons (Fsp3) is 0.158. The van der Waals surface area contributed by atoms with Crippen LogP contribution in [0, 0.1) is 0 Å². The average molecular weight is 334 g/mol. The van der Waals surface area contributed by atoms with Gasteiger partial charge in [0.1, 0.15) is 0 Å². The Kier molecular flexibility index (Phi) is 3.78. The number of aromatic nitrogens is 2. The molecule has 120 valence electrons. The standard InChI is InChI=1S/C19H18N4S/c1-22-18(17(21-19(22)24)15-10-5-6-12-20-15)16-11-7-13-23(16)14-8-3-2-4-9-14/h2-13,17-18H,1H3,(H,21,24)/t17-,18+/m0/s1. The van der Waals surface area contributed by atoms with E-state index in [0.29, 0.717) is 0 Å². The van der Waals surface area contributed by atoms with E-state index in [4.69, 9.17) is 12.2 Å². The van der Waals surface area contributed by atoms with Gasteiger partial charge in [0.15, 0.2) is 5.11 Å². The van der Waals surface area contributed by atoms with Crippen molar-refractivity contribution in [3.8, 4) is 5.69 Å². The Morgan fingerprint density at radius 3 is 2.54 bits per heavy atom. The normalized spacial score (nSPS) is 20.2. The number of likely N-dealkylation sites (N-methyl/N-ethyl adjacent to an activating group) is 1. The van der Waals surface area contributed by atoms with E-state index in [0.717, 1.165) is 16.5 Å². The molecule has 1 N–H and O–H groups in total. The van der Waals surface area contributed by atoms with Gasteiger partial charge in [0.05, 0.1) is 17.8 Å². The lowest BCUT2D eigenvalue weighted by Crippen LogP contribution is -2.25. The smallest absolute Gasteiger partial charge is 0.169 e. The number of benzene rings is 1. The summed E-state index contributed by atoms with van der Waals surface area (Å²) in [5.41, 5.74) is 3.32. The zero-order valence-electron chi connectivity index (χ0n) is 13.3. The number of rotatable bonds is 3. The van der Waals surface area contributed by atoms with Crippen LogP contribution in [0.5, 0.6) is 0 Å². The first kappa shape index (κ1) is 14.9. The predicted octanol–water partition coefficient (Wildman–Crippen LogP) is 3.47. The lowest BCUT2D eigenvalue weighted by molar-refractivity contribution is 0.357. The maximum Gasteiger partial charge on any atom is 0.169 e. The van der Waals surface area contributed by atoms with Crippen LogP contribution in [0.25, 0.3) is 5.69 Å². The van der Waals surface area contributed by atoms with Gasteiger partial charge < -0.3 is 14.8 Å². The van der Waals surface area contributed by atoms with Crippen molar-refractivity contribution in [1.82, 2.24) is 19.8 Å². The predicted molar refractivity (Wildman–Crippen MR) is 99.0 cm³/mol. The molecular formula is C19H18N4S. The largest absolute Gasteiger partial charge is 0.352 e. The van der Waals surface area contributed by atoms with Crippen LogP contribution in [0.3, 0.4) is 0 Å². The van der Waals surface area contributed by atoms with Crippen LogP contribution >= 0.6 is 12.2 Å². The van der Waals surface area contributed by atoms with Crippen molar-refractivity contribution in [1.29, 1.82) is 0 Å². The van der Waals surface area contributed by atoms with Gasteiger partial charge >= 0.3 is 0 Å². The van der Waals surface area contributed by atoms with Crippen molar-refractivity contribution in [2.45, 2.75) is 12.1 Å². The molecule has 2 atom stereocenters. The van der Waals surface area contributed by atoms with Crippen molar-refractivity contribution < 1.29 is 0 Å². The molecule has 3 aromatic rings. The maximum atomic E-state index is 5.51. The van der Waals surface area contributed by atoms with Gasteiger partial charge in [-0.1, -0.05) is 24.3 Å². The van der Waals surface area contributed by atoms with E-state index in [1.807, 2.05) is 37.5 Å². The van der Waals surface area contributed by atoms with Gasteiger partial charge in [-0.2, -0.15) is 0 Å². The number of pyridine rings is 1. The lowest BCUT2D eigenvalue weighted by atomic mass is 10.0. The Balaban J connectivity index is 1.80. The summed E-state index contributed by atoms with van der Waals surface area (Å²) >= 11 is 5.51. The molecule has 0 bridgehead atoms. The third-order valence-corrected chi connectivity index (χ3v) is 4.86. The van der Waals surface area contributed by atoms with Crippen LogP contribution in [0.1, 0.15) is 23.5 Å². The SMILES string of the molecule is CN1C(=S)N[C@@H](c2ccccn2)[C@H]1c1cccn1-c1ccccc1. The first-order valence-electron chi connectivity index (χ1n) is 7.92. The summed E-state index contributed by atoms with van der Waals surface area (Å²) in [6.07, 6.45) is 3.92. The fourth-order valence-electron chi connectivity index (χ4n) is 3.29. The van der Waals surface area contributed by atoms with Crippen LogP contribution in [-0.4, -0.2) is 26.6 Å². The highest BCUT2D eigenvalue weighted by atomic mass is 32.1. The van der Waals surface area contributed by atoms with Gasteiger partial charge in [-0.15, -0.1) is 0 Å². The number of hydrogen-bond acceptors (Lipinski definition) is 2. The highest BCUT2D eigenvalue weighted by molar-refractivity contribution is 7.80. The molecule has 3 heterocycles. The fourth-order valence-corrected chi connectivity index (χ4v) is 3.53. The summed E-state index contributed by atoms with van der Waals surface area (Å²) < 4.78 is 2.22. The number of para-hydroxylation sites is 1. The van der Waals surface area contributed by atoms with Gasteiger partial charge in [0.2, 0.25) is 0 Å². The van der Waals surface area contributed by atoms with E-state index < -0.39 is 0 Å². The molecule has 4 nitrogen and oxygen atoms in total. The summed E-state index contributed by atoms with van der Waals surface area (Å²) in [4.78, 5) is 6.65. The average Bonchev–Trinajstić information content (AvgIpc) is 3.22. The van der Waals surface area contributed by atoms with E-state index in [-0.39, 0.29) is 12.1 Å². The molecule has 1 aliphatic rings. The van der Waals surface area contributed by atoms with Gasteiger partial charge in [-0.25, -0.2) is 0 Å². The third kappa shape index (κ3) is 2.47. The lowest BCUT2D eigenvalue weighted by Gasteiger charge is -2.25. The third-order valence-electron chi connectivity index (χ3n) is 4.46. The Morgan fingerprint density at radius 2 is 1.79 bits per heavy atom. The Morgan fingerprint density at radius 1 is 1.00 bits per heavy atom. The molecule has 1 aliphatic heterocycles. The second kappa shape index (κ2) is 6.09. The molecule has 0 radical (unpaired) electrons. The molecule has 0 spiro atoms. The molecule has 24 heavy (non-hydrogen) atoms. The van der Waals surface area contributed by atoms with Crippen molar-refractivity contribution in [2.24, 2.45) is 0 Å². The molecule has 0 unspecified atom stereocenters. The number of nitrogens with zero attached hydrogens (tertiary/aromatic N) is 3. The zero-order valence-corrected chi connectivity index (χ0v) is 14.1. The van der Waals surface area contributed by atoms with Crippen LogP contribution in [0.15, 0.2) is 73.1 Å². The van der Waals surface area contributed by atoms with E-state index in [2.05, 4.69) is 62.4 Å². The molecule has 0 amide bonds. The van der Waals surface area contributed by atoms with Crippen molar-refractivity contribution in [3.05, 3.63) is 84.4 Å². The number of nitrogens with one attached hydrogen (secondary N) is 1. The maximum absolute atomic E-state index is 5.51. The molecule has 1 aromatic carbocycles. The number of hydrogen-bond donors (Lipinski definition) is 1.